The van der Waals surface area contributed by atoms with Crippen molar-refractivity contribution in [3.63, 3.8) is 0 Å². The highest BCUT2D eigenvalue weighted by atomic mass is 35.5. The summed E-state index contributed by atoms with van der Waals surface area (Å²) in [5, 5.41) is 0.762. The van der Waals surface area contributed by atoms with Crippen LogP contribution in [0.15, 0.2) is 18.2 Å². The molecule has 1 fully saturated rings. The van der Waals surface area contributed by atoms with Gasteiger partial charge < -0.3 is 9.55 Å². The number of aromatic nitrogens is 2. The maximum Gasteiger partial charge on any atom is 0.178 e. The van der Waals surface area contributed by atoms with E-state index in [4.69, 9.17) is 23.8 Å². The molecule has 0 spiro atoms. The number of rotatable bonds is 1. The maximum atomic E-state index is 6.05. The Morgan fingerprint density at radius 3 is 2.81 bits per heavy atom. The molecular weight excluding hydrogens is 240 g/mol. The third-order valence-corrected chi connectivity index (χ3v) is 4.14. The third kappa shape index (κ3) is 1.35. The van der Waals surface area contributed by atoms with Crippen molar-refractivity contribution in [1.29, 1.82) is 0 Å². The summed E-state index contributed by atoms with van der Waals surface area (Å²) in [6.45, 7) is 2.26. The van der Waals surface area contributed by atoms with Gasteiger partial charge in [-0.25, -0.2) is 0 Å². The summed E-state index contributed by atoms with van der Waals surface area (Å²) < 4.78 is 3.03. The van der Waals surface area contributed by atoms with E-state index >= 15 is 0 Å². The molecule has 0 bridgehead atoms. The zero-order chi connectivity index (χ0) is 11.3. The fourth-order valence-corrected chi connectivity index (χ4v) is 3.12. The standard InChI is InChI=1S/C12H13ClN2S/c1-12(5-2-6-12)15-10-7-8(13)3-4-9(10)14-11(15)16/h3-4,7H,2,5-6H2,1H3,(H,14,16). The molecule has 0 radical (unpaired) electrons. The molecule has 0 amide bonds. The number of hydrogen-bond acceptors (Lipinski definition) is 1. The highest BCUT2D eigenvalue weighted by Crippen LogP contribution is 2.41. The summed E-state index contributed by atoms with van der Waals surface area (Å²) in [6.07, 6.45) is 3.67. The molecule has 1 aliphatic rings. The van der Waals surface area contributed by atoms with Crippen LogP contribution in [0.2, 0.25) is 5.02 Å². The highest BCUT2D eigenvalue weighted by molar-refractivity contribution is 7.71. The van der Waals surface area contributed by atoms with Crippen molar-refractivity contribution in [2.24, 2.45) is 0 Å². The first kappa shape index (κ1) is 10.4. The Hall–Kier alpha value is -0.800. The van der Waals surface area contributed by atoms with E-state index in [0.29, 0.717) is 0 Å². The van der Waals surface area contributed by atoms with E-state index in [1.165, 1.54) is 19.3 Å². The van der Waals surface area contributed by atoms with Crippen LogP contribution in [0.3, 0.4) is 0 Å². The van der Waals surface area contributed by atoms with Crippen LogP contribution in [0.25, 0.3) is 11.0 Å². The summed E-state index contributed by atoms with van der Waals surface area (Å²) in [5.74, 6) is 0. The predicted octanol–water partition coefficient (Wildman–Crippen LogP) is 4.25. The fraction of sp³-hybridized carbons (Fsp3) is 0.417. The van der Waals surface area contributed by atoms with Gasteiger partial charge in [-0.05, 0) is 56.6 Å². The van der Waals surface area contributed by atoms with Crippen molar-refractivity contribution >= 4 is 34.9 Å². The Morgan fingerprint density at radius 2 is 2.19 bits per heavy atom. The van der Waals surface area contributed by atoms with Gasteiger partial charge >= 0.3 is 0 Å². The molecular formula is C12H13ClN2S. The molecule has 3 rings (SSSR count). The zero-order valence-corrected chi connectivity index (χ0v) is 10.7. The summed E-state index contributed by atoms with van der Waals surface area (Å²) in [6, 6.07) is 5.88. The number of benzene rings is 1. The minimum atomic E-state index is 0.181. The zero-order valence-electron chi connectivity index (χ0n) is 9.09. The highest BCUT2D eigenvalue weighted by Gasteiger charge is 2.35. The number of imidazole rings is 1. The van der Waals surface area contributed by atoms with Gasteiger partial charge in [0.15, 0.2) is 4.77 Å². The molecule has 0 atom stereocenters. The first-order valence-electron chi connectivity index (χ1n) is 5.51. The van der Waals surface area contributed by atoms with Crippen LogP contribution >= 0.6 is 23.8 Å². The van der Waals surface area contributed by atoms with E-state index in [9.17, 15) is 0 Å². The quantitative estimate of drug-likeness (QED) is 0.753. The van der Waals surface area contributed by atoms with Gasteiger partial charge in [0, 0.05) is 10.6 Å². The molecule has 16 heavy (non-hydrogen) atoms. The van der Waals surface area contributed by atoms with E-state index in [-0.39, 0.29) is 5.54 Å². The van der Waals surface area contributed by atoms with E-state index < -0.39 is 0 Å². The number of hydrogen-bond donors (Lipinski definition) is 1. The maximum absolute atomic E-state index is 6.05. The van der Waals surface area contributed by atoms with Gasteiger partial charge in [-0.1, -0.05) is 11.6 Å². The number of aromatic amines is 1. The average Bonchev–Trinajstić information content (AvgIpc) is 2.50. The Labute approximate surface area is 104 Å². The molecule has 1 saturated carbocycles. The van der Waals surface area contributed by atoms with Crippen LogP contribution in [0.1, 0.15) is 26.2 Å². The lowest BCUT2D eigenvalue weighted by molar-refractivity contribution is 0.172. The monoisotopic (exact) mass is 252 g/mol. The first-order chi connectivity index (χ1) is 7.60. The van der Waals surface area contributed by atoms with Crippen molar-refractivity contribution in [2.75, 3.05) is 0 Å². The van der Waals surface area contributed by atoms with E-state index in [1.807, 2.05) is 18.2 Å². The minimum absolute atomic E-state index is 0.181. The largest absolute Gasteiger partial charge is 0.331 e. The van der Waals surface area contributed by atoms with Crippen LogP contribution in [-0.4, -0.2) is 9.55 Å². The Balaban J connectivity index is 2.34. The van der Waals surface area contributed by atoms with Crippen molar-refractivity contribution in [1.82, 2.24) is 9.55 Å². The topological polar surface area (TPSA) is 20.7 Å². The molecule has 1 N–H and O–H groups in total. The SMILES string of the molecule is CC1(n2c(=S)[nH]c3ccc(Cl)cc32)CCC1. The summed E-state index contributed by atoms with van der Waals surface area (Å²) in [5.41, 5.74) is 2.38. The molecule has 0 saturated heterocycles. The van der Waals surface area contributed by atoms with E-state index in [0.717, 1.165) is 20.8 Å². The molecule has 0 aliphatic heterocycles. The van der Waals surface area contributed by atoms with E-state index in [2.05, 4.69) is 16.5 Å². The van der Waals surface area contributed by atoms with Crippen LogP contribution < -0.4 is 0 Å². The molecule has 2 nitrogen and oxygen atoms in total. The number of halogens is 1. The van der Waals surface area contributed by atoms with Crippen LogP contribution in [0.5, 0.6) is 0 Å². The van der Waals surface area contributed by atoms with Crippen molar-refractivity contribution < 1.29 is 0 Å². The molecule has 84 valence electrons. The number of fused-ring (bicyclic) bond motifs is 1. The molecule has 2 aromatic rings. The summed E-state index contributed by atoms with van der Waals surface area (Å²) in [7, 11) is 0. The molecule has 1 aromatic carbocycles. The lowest BCUT2D eigenvalue weighted by atomic mass is 9.78. The van der Waals surface area contributed by atoms with Crippen molar-refractivity contribution in [2.45, 2.75) is 31.7 Å². The Morgan fingerprint density at radius 1 is 1.44 bits per heavy atom. The smallest absolute Gasteiger partial charge is 0.178 e. The first-order valence-corrected chi connectivity index (χ1v) is 6.30. The number of H-pyrrole nitrogens is 1. The third-order valence-electron chi connectivity index (χ3n) is 3.62. The lowest BCUT2D eigenvalue weighted by Crippen LogP contribution is -2.37. The fourth-order valence-electron chi connectivity index (χ4n) is 2.52. The summed E-state index contributed by atoms with van der Waals surface area (Å²) in [4.78, 5) is 3.25. The summed E-state index contributed by atoms with van der Waals surface area (Å²) >= 11 is 11.5. The van der Waals surface area contributed by atoms with Gasteiger partial charge in [0.25, 0.3) is 0 Å². The van der Waals surface area contributed by atoms with Crippen LogP contribution in [0.4, 0.5) is 0 Å². The Kier molecular flexibility index (Phi) is 2.17. The second-order valence-corrected chi connectivity index (χ2v) is 5.60. The number of nitrogens with one attached hydrogen (secondary N) is 1. The lowest BCUT2D eigenvalue weighted by Gasteiger charge is -2.40. The van der Waals surface area contributed by atoms with Crippen molar-refractivity contribution in [3.8, 4) is 0 Å². The molecule has 1 aromatic heterocycles. The predicted molar refractivity (Wildman–Crippen MR) is 69.6 cm³/mol. The van der Waals surface area contributed by atoms with Gasteiger partial charge in [-0.3, -0.25) is 0 Å². The molecule has 1 aliphatic carbocycles. The van der Waals surface area contributed by atoms with Crippen LogP contribution in [0, 0.1) is 4.77 Å². The van der Waals surface area contributed by atoms with Crippen LogP contribution in [-0.2, 0) is 5.54 Å². The second kappa shape index (κ2) is 3.34. The van der Waals surface area contributed by atoms with Gasteiger partial charge in [-0.15, -0.1) is 0 Å². The van der Waals surface area contributed by atoms with Crippen molar-refractivity contribution in [3.05, 3.63) is 28.0 Å². The average molecular weight is 253 g/mol. The minimum Gasteiger partial charge on any atom is -0.331 e. The molecule has 1 heterocycles. The van der Waals surface area contributed by atoms with Gasteiger partial charge in [0.05, 0.1) is 11.0 Å². The molecule has 0 unspecified atom stereocenters. The Bertz CT molecular complexity index is 607. The van der Waals surface area contributed by atoms with Gasteiger partial charge in [0.2, 0.25) is 0 Å². The van der Waals surface area contributed by atoms with Gasteiger partial charge in [-0.2, -0.15) is 0 Å². The number of nitrogens with zero attached hydrogens (tertiary/aromatic N) is 1. The second-order valence-electron chi connectivity index (χ2n) is 4.78. The van der Waals surface area contributed by atoms with Gasteiger partial charge in [0.1, 0.15) is 0 Å². The van der Waals surface area contributed by atoms with E-state index in [1.54, 1.807) is 0 Å². The molecule has 4 heteroatoms. The normalized spacial score (nSPS) is 18.6.